The molecule has 0 aliphatic rings. The Balaban J connectivity index is 2.15. The van der Waals surface area contributed by atoms with Gasteiger partial charge in [0.25, 0.3) is 0 Å². The molecule has 0 saturated carbocycles. The summed E-state index contributed by atoms with van der Waals surface area (Å²) >= 11 is 5.27. The lowest BCUT2D eigenvalue weighted by molar-refractivity contribution is 1.00. The van der Waals surface area contributed by atoms with Gasteiger partial charge in [0.15, 0.2) is 0 Å². The number of hydrogen-bond acceptors (Lipinski definition) is 5. The fourth-order valence-corrected chi connectivity index (χ4v) is 3.27. The highest BCUT2D eigenvalue weighted by Crippen LogP contribution is 2.25. The summed E-state index contributed by atoms with van der Waals surface area (Å²) in [7, 11) is 0. The lowest BCUT2D eigenvalue weighted by atomic mass is 10.2. The van der Waals surface area contributed by atoms with Crippen LogP contribution < -0.4 is 10.6 Å². The minimum atomic E-state index is 0.772. The number of rotatable bonds is 6. The molecule has 19 heavy (non-hydrogen) atoms. The first-order chi connectivity index (χ1) is 9.26. The number of nitrogens with zero attached hydrogens (tertiary/aromatic N) is 2. The number of thiophene rings is 1. The lowest BCUT2D eigenvalue weighted by Crippen LogP contribution is -2.09. The summed E-state index contributed by atoms with van der Waals surface area (Å²) in [6.07, 6.45) is 2.50. The molecule has 0 spiro atoms. The van der Waals surface area contributed by atoms with E-state index in [-0.39, 0.29) is 0 Å². The highest BCUT2D eigenvalue weighted by Gasteiger charge is 2.09. The average Bonchev–Trinajstić information content (AvgIpc) is 2.82. The van der Waals surface area contributed by atoms with Gasteiger partial charge in [0, 0.05) is 21.5 Å². The van der Waals surface area contributed by atoms with Gasteiger partial charge in [-0.3, -0.25) is 0 Å². The largest absolute Gasteiger partial charge is 0.370 e. The number of nitrogens with one attached hydrogen (secondary N) is 2. The molecule has 0 atom stereocenters. The SMILES string of the molecule is CCNc1ncnc(NCc2sccc2Br)c1CC. The van der Waals surface area contributed by atoms with Crippen molar-refractivity contribution in [3.05, 3.63) is 32.7 Å². The smallest absolute Gasteiger partial charge is 0.135 e. The van der Waals surface area contributed by atoms with Crippen LogP contribution >= 0.6 is 27.3 Å². The first-order valence-electron chi connectivity index (χ1n) is 6.29. The first-order valence-corrected chi connectivity index (χ1v) is 7.97. The third kappa shape index (κ3) is 3.45. The first kappa shape index (κ1) is 14.3. The monoisotopic (exact) mass is 340 g/mol. The average molecular weight is 341 g/mol. The summed E-state index contributed by atoms with van der Waals surface area (Å²) in [4.78, 5) is 9.91. The van der Waals surface area contributed by atoms with E-state index in [1.807, 2.05) is 0 Å². The zero-order chi connectivity index (χ0) is 13.7. The molecule has 0 unspecified atom stereocenters. The fourth-order valence-electron chi connectivity index (χ4n) is 1.83. The van der Waals surface area contributed by atoms with Gasteiger partial charge in [-0.05, 0) is 40.7 Å². The minimum Gasteiger partial charge on any atom is -0.370 e. The second-order valence-electron chi connectivity index (χ2n) is 3.98. The van der Waals surface area contributed by atoms with Crippen LogP contribution in [0.5, 0.6) is 0 Å². The number of halogens is 1. The molecule has 0 saturated heterocycles. The molecule has 2 N–H and O–H groups in total. The summed E-state index contributed by atoms with van der Waals surface area (Å²) in [5.74, 6) is 1.83. The van der Waals surface area contributed by atoms with Crippen LogP contribution in [0, 0.1) is 0 Å². The Kier molecular flexibility index (Phi) is 5.15. The molecule has 2 heterocycles. The van der Waals surface area contributed by atoms with Crippen LogP contribution in [-0.4, -0.2) is 16.5 Å². The summed E-state index contributed by atoms with van der Waals surface area (Å²) in [6, 6.07) is 2.06. The predicted octanol–water partition coefficient (Wildman–Crippen LogP) is 3.91. The molecule has 2 aromatic heterocycles. The van der Waals surface area contributed by atoms with Crippen molar-refractivity contribution in [1.82, 2.24) is 9.97 Å². The maximum Gasteiger partial charge on any atom is 0.135 e. The molecule has 0 aromatic carbocycles. The molecular weight excluding hydrogens is 324 g/mol. The third-order valence-corrected chi connectivity index (χ3v) is 4.68. The Morgan fingerprint density at radius 1 is 1.21 bits per heavy atom. The van der Waals surface area contributed by atoms with E-state index in [1.165, 1.54) is 4.88 Å². The van der Waals surface area contributed by atoms with Gasteiger partial charge in [0.2, 0.25) is 0 Å². The number of hydrogen-bond donors (Lipinski definition) is 2. The molecule has 0 amide bonds. The van der Waals surface area contributed by atoms with E-state index in [4.69, 9.17) is 0 Å². The second-order valence-corrected chi connectivity index (χ2v) is 5.83. The van der Waals surface area contributed by atoms with Gasteiger partial charge in [0.1, 0.15) is 18.0 Å². The van der Waals surface area contributed by atoms with Gasteiger partial charge in [0.05, 0.1) is 6.54 Å². The standard InChI is InChI=1S/C13H17BrN4S/c1-3-9-12(15-4-2)17-8-18-13(9)16-7-11-10(14)5-6-19-11/h5-6,8H,3-4,7H2,1-2H3,(H2,15,16,17,18). The van der Waals surface area contributed by atoms with E-state index in [9.17, 15) is 0 Å². The maximum absolute atomic E-state index is 4.35. The van der Waals surface area contributed by atoms with Crippen molar-refractivity contribution in [3.63, 3.8) is 0 Å². The summed E-state index contributed by atoms with van der Waals surface area (Å²) in [5.41, 5.74) is 1.14. The Hall–Kier alpha value is -1.14. The molecule has 0 aliphatic carbocycles. The molecule has 6 heteroatoms. The lowest BCUT2D eigenvalue weighted by Gasteiger charge is -2.13. The van der Waals surface area contributed by atoms with Gasteiger partial charge in [-0.1, -0.05) is 6.92 Å². The molecule has 2 rings (SSSR count). The van der Waals surface area contributed by atoms with Gasteiger partial charge in [-0.15, -0.1) is 11.3 Å². The topological polar surface area (TPSA) is 49.8 Å². The zero-order valence-corrected chi connectivity index (χ0v) is 13.4. The van der Waals surface area contributed by atoms with Gasteiger partial charge in [-0.25, -0.2) is 9.97 Å². The van der Waals surface area contributed by atoms with Crippen LogP contribution in [0.2, 0.25) is 0 Å². The Bertz CT molecular complexity index is 541. The van der Waals surface area contributed by atoms with Gasteiger partial charge < -0.3 is 10.6 Å². The molecule has 0 aliphatic heterocycles. The predicted molar refractivity (Wildman–Crippen MR) is 84.9 cm³/mol. The van der Waals surface area contributed by atoms with Crippen LogP contribution in [0.15, 0.2) is 22.2 Å². The summed E-state index contributed by atoms with van der Waals surface area (Å²) < 4.78 is 1.14. The van der Waals surface area contributed by atoms with E-state index in [1.54, 1.807) is 17.7 Å². The Labute approximate surface area is 125 Å². The fraction of sp³-hybridized carbons (Fsp3) is 0.385. The molecule has 102 valence electrons. The second kappa shape index (κ2) is 6.86. The number of aromatic nitrogens is 2. The van der Waals surface area contributed by atoms with E-state index in [0.717, 1.165) is 41.2 Å². The van der Waals surface area contributed by atoms with Gasteiger partial charge >= 0.3 is 0 Å². The quantitative estimate of drug-likeness (QED) is 0.836. The summed E-state index contributed by atoms with van der Waals surface area (Å²) in [5, 5.41) is 8.75. The molecule has 0 bridgehead atoms. The highest BCUT2D eigenvalue weighted by atomic mass is 79.9. The molecular formula is C13H17BrN4S. The molecule has 0 fully saturated rings. The van der Waals surface area contributed by atoms with Crippen LogP contribution in [0.1, 0.15) is 24.3 Å². The van der Waals surface area contributed by atoms with E-state index in [2.05, 4.69) is 61.8 Å². The number of anilines is 2. The third-order valence-electron chi connectivity index (χ3n) is 2.75. The zero-order valence-electron chi connectivity index (χ0n) is 11.0. The van der Waals surface area contributed by atoms with E-state index in [0.29, 0.717) is 0 Å². The normalized spacial score (nSPS) is 10.5. The summed E-state index contributed by atoms with van der Waals surface area (Å²) in [6.45, 7) is 5.82. The van der Waals surface area contributed by atoms with Crippen molar-refractivity contribution < 1.29 is 0 Å². The van der Waals surface area contributed by atoms with Crippen molar-refractivity contribution in [1.29, 1.82) is 0 Å². The van der Waals surface area contributed by atoms with Crippen LogP contribution in [0.4, 0.5) is 11.6 Å². The van der Waals surface area contributed by atoms with E-state index >= 15 is 0 Å². The maximum atomic E-state index is 4.35. The Morgan fingerprint density at radius 3 is 2.53 bits per heavy atom. The van der Waals surface area contributed by atoms with Crippen molar-refractivity contribution in [2.45, 2.75) is 26.8 Å². The van der Waals surface area contributed by atoms with Gasteiger partial charge in [-0.2, -0.15) is 0 Å². The highest BCUT2D eigenvalue weighted by molar-refractivity contribution is 9.10. The van der Waals surface area contributed by atoms with Crippen LogP contribution in [0.25, 0.3) is 0 Å². The minimum absolute atomic E-state index is 0.772. The van der Waals surface area contributed by atoms with Crippen molar-refractivity contribution in [2.24, 2.45) is 0 Å². The Morgan fingerprint density at radius 2 is 1.95 bits per heavy atom. The molecule has 0 radical (unpaired) electrons. The van der Waals surface area contributed by atoms with Crippen LogP contribution in [0.3, 0.4) is 0 Å². The van der Waals surface area contributed by atoms with Crippen molar-refractivity contribution in [2.75, 3.05) is 17.2 Å². The van der Waals surface area contributed by atoms with Crippen LogP contribution in [-0.2, 0) is 13.0 Å². The van der Waals surface area contributed by atoms with Crippen molar-refractivity contribution in [3.8, 4) is 0 Å². The van der Waals surface area contributed by atoms with Crippen molar-refractivity contribution >= 4 is 38.9 Å². The van der Waals surface area contributed by atoms with E-state index < -0.39 is 0 Å². The molecule has 2 aromatic rings. The molecule has 4 nitrogen and oxygen atoms in total.